The van der Waals surface area contributed by atoms with Gasteiger partial charge in [-0.15, -0.1) is 0 Å². The van der Waals surface area contributed by atoms with E-state index in [2.05, 4.69) is 10.3 Å². The highest BCUT2D eigenvalue weighted by molar-refractivity contribution is 5.79. The number of carbonyl (C=O) groups excluding carboxylic acids is 1. The van der Waals surface area contributed by atoms with Crippen LogP contribution in [0.4, 0.5) is 0 Å². The van der Waals surface area contributed by atoms with E-state index in [0.29, 0.717) is 25.4 Å². The van der Waals surface area contributed by atoms with Crippen molar-refractivity contribution in [1.29, 1.82) is 0 Å². The first-order chi connectivity index (χ1) is 8.71. The largest absolute Gasteiger partial charge is 0.481 e. The molecule has 1 rings (SSSR count). The van der Waals surface area contributed by atoms with Gasteiger partial charge in [0.1, 0.15) is 0 Å². The molecule has 1 unspecified atom stereocenters. The van der Waals surface area contributed by atoms with Gasteiger partial charge in [0.15, 0.2) is 0 Å². The number of carbonyl (C=O) groups is 1. The molecule has 0 radical (unpaired) electrons. The standard InChI is InChI=1S/C13H21N3O2/c1-3-6-15-13(17)11(8-14)7-10-4-5-12(18-2)16-9-10/h4-5,9,11H,3,6-8,14H2,1-2H3,(H,15,17). The monoisotopic (exact) mass is 251 g/mol. The summed E-state index contributed by atoms with van der Waals surface area (Å²) in [5.41, 5.74) is 6.63. The highest BCUT2D eigenvalue weighted by atomic mass is 16.5. The van der Waals surface area contributed by atoms with Crippen LogP contribution < -0.4 is 15.8 Å². The van der Waals surface area contributed by atoms with Crippen molar-refractivity contribution in [2.75, 3.05) is 20.2 Å². The van der Waals surface area contributed by atoms with Crippen LogP contribution in [0.25, 0.3) is 0 Å². The summed E-state index contributed by atoms with van der Waals surface area (Å²) in [6.45, 7) is 3.04. The molecule has 5 heteroatoms. The number of amides is 1. The van der Waals surface area contributed by atoms with E-state index in [1.807, 2.05) is 13.0 Å². The van der Waals surface area contributed by atoms with Crippen LogP contribution in [0, 0.1) is 5.92 Å². The van der Waals surface area contributed by atoms with Gasteiger partial charge in [0, 0.05) is 25.4 Å². The summed E-state index contributed by atoms with van der Waals surface area (Å²) >= 11 is 0. The number of rotatable bonds is 7. The van der Waals surface area contributed by atoms with E-state index in [9.17, 15) is 4.79 Å². The molecule has 0 aromatic carbocycles. The lowest BCUT2D eigenvalue weighted by Gasteiger charge is -2.14. The number of hydrogen-bond donors (Lipinski definition) is 2. The van der Waals surface area contributed by atoms with Gasteiger partial charge in [0.25, 0.3) is 0 Å². The van der Waals surface area contributed by atoms with Gasteiger partial charge >= 0.3 is 0 Å². The lowest BCUT2D eigenvalue weighted by Crippen LogP contribution is -2.36. The van der Waals surface area contributed by atoms with Crippen molar-refractivity contribution >= 4 is 5.91 Å². The Kier molecular flexibility index (Phi) is 6.14. The summed E-state index contributed by atoms with van der Waals surface area (Å²) in [7, 11) is 1.57. The van der Waals surface area contributed by atoms with E-state index in [-0.39, 0.29) is 11.8 Å². The van der Waals surface area contributed by atoms with Gasteiger partial charge in [-0.05, 0) is 18.4 Å². The van der Waals surface area contributed by atoms with Crippen molar-refractivity contribution in [2.45, 2.75) is 19.8 Å². The number of methoxy groups -OCH3 is 1. The maximum Gasteiger partial charge on any atom is 0.224 e. The van der Waals surface area contributed by atoms with Gasteiger partial charge in [-0.2, -0.15) is 0 Å². The minimum Gasteiger partial charge on any atom is -0.481 e. The molecule has 0 bridgehead atoms. The molecule has 1 aromatic heterocycles. The highest BCUT2D eigenvalue weighted by Crippen LogP contribution is 2.11. The second-order valence-electron chi connectivity index (χ2n) is 4.14. The van der Waals surface area contributed by atoms with Crippen molar-refractivity contribution in [3.8, 4) is 5.88 Å². The number of nitrogens with zero attached hydrogens (tertiary/aromatic N) is 1. The Labute approximate surface area is 108 Å². The highest BCUT2D eigenvalue weighted by Gasteiger charge is 2.16. The molecule has 1 atom stereocenters. The predicted octanol–water partition coefficient (Wildman–Crippen LogP) is 0.734. The third-order valence-electron chi connectivity index (χ3n) is 2.69. The lowest BCUT2D eigenvalue weighted by atomic mass is 10.00. The predicted molar refractivity (Wildman–Crippen MR) is 70.3 cm³/mol. The normalized spacial score (nSPS) is 11.9. The van der Waals surface area contributed by atoms with Crippen LogP contribution in [-0.2, 0) is 11.2 Å². The average Bonchev–Trinajstić information content (AvgIpc) is 2.42. The molecule has 0 saturated carbocycles. The van der Waals surface area contributed by atoms with Crippen molar-refractivity contribution in [3.63, 3.8) is 0 Å². The minimum absolute atomic E-state index is 0.00941. The lowest BCUT2D eigenvalue weighted by molar-refractivity contribution is -0.124. The zero-order valence-electron chi connectivity index (χ0n) is 11.0. The minimum atomic E-state index is -0.202. The molecule has 100 valence electrons. The first kappa shape index (κ1) is 14.4. The fourth-order valence-corrected chi connectivity index (χ4v) is 1.61. The Bertz CT molecular complexity index is 365. The summed E-state index contributed by atoms with van der Waals surface area (Å²) in [5, 5.41) is 2.86. The summed E-state index contributed by atoms with van der Waals surface area (Å²) in [5.74, 6) is 0.375. The van der Waals surface area contributed by atoms with E-state index in [1.54, 1.807) is 19.4 Å². The molecule has 1 amide bonds. The van der Waals surface area contributed by atoms with Crippen LogP contribution in [0.5, 0.6) is 5.88 Å². The number of aromatic nitrogens is 1. The molecule has 0 spiro atoms. The van der Waals surface area contributed by atoms with Crippen LogP contribution >= 0.6 is 0 Å². The second kappa shape index (κ2) is 7.66. The summed E-state index contributed by atoms with van der Waals surface area (Å²) in [6, 6.07) is 3.69. The third kappa shape index (κ3) is 4.33. The van der Waals surface area contributed by atoms with Gasteiger partial charge in [-0.1, -0.05) is 13.0 Å². The molecule has 0 aliphatic rings. The fraction of sp³-hybridized carbons (Fsp3) is 0.538. The Morgan fingerprint density at radius 2 is 2.33 bits per heavy atom. The maximum absolute atomic E-state index is 11.8. The average molecular weight is 251 g/mol. The number of nitrogens with two attached hydrogens (primary N) is 1. The topological polar surface area (TPSA) is 77.2 Å². The number of nitrogens with one attached hydrogen (secondary N) is 1. The van der Waals surface area contributed by atoms with Crippen molar-refractivity contribution in [2.24, 2.45) is 11.7 Å². The third-order valence-corrected chi connectivity index (χ3v) is 2.69. The van der Waals surface area contributed by atoms with Crippen LogP contribution in [0.2, 0.25) is 0 Å². The molecule has 5 nitrogen and oxygen atoms in total. The molecular weight excluding hydrogens is 230 g/mol. The van der Waals surface area contributed by atoms with Crippen molar-refractivity contribution in [3.05, 3.63) is 23.9 Å². The van der Waals surface area contributed by atoms with Crippen LogP contribution in [0.1, 0.15) is 18.9 Å². The number of pyridine rings is 1. The smallest absolute Gasteiger partial charge is 0.224 e. The van der Waals surface area contributed by atoms with Gasteiger partial charge in [-0.3, -0.25) is 4.79 Å². The van der Waals surface area contributed by atoms with Crippen molar-refractivity contribution < 1.29 is 9.53 Å². The molecule has 0 aliphatic heterocycles. The van der Waals surface area contributed by atoms with Gasteiger partial charge in [-0.25, -0.2) is 4.98 Å². The van der Waals surface area contributed by atoms with Gasteiger partial charge in [0.05, 0.1) is 13.0 Å². The van der Waals surface area contributed by atoms with Crippen LogP contribution in [0.3, 0.4) is 0 Å². The SMILES string of the molecule is CCCNC(=O)C(CN)Cc1ccc(OC)nc1. The molecule has 0 aliphatic carbocycles. The van der Waals surface area contributed by atoms with Gasteiger partial charge in [0.2, 0.25) is 11.8 Å². The zero-order valence-corrected chi connectivity index (χ0v) is 11.0. The zero-order chi connectivity index (χ0) is 13.4. The fourth-order valence-electron chi connectivity index (χ4n) is 1.61. The summed E-state index contributed by atoms with van der Waals surface area (Å²) < 4.78 is 4.99. The molecule has 18 heavy (non-hydrogen) atoms. The first-order valence-electron chi connectivity index (χ1n) is 6.18. The number of ether oxygens (including phenoxy) is 1. The summed E-state index contributed by atoms with van der Waals surface area (Å²) in [4.78, 5) is 15.9. The Morgan fingerprint density at radius 3 is 2.83 bits per heavy atom. The summed E-state index contributed by atoms with van der Waals surface area (Å²) in [6.07, 6.45) is 3.24. The molecule has 1 aromatic rings. The van der Waals surface area contributed by atoms with E-state index >= 15 is 0 Å². The molecule has 0 fully saturated rings. The Hall–Kier alpha value is -1.62. The van der Waals surface area contributed by atoms with Gasteiger partial charge < -0.3 is 15.8 Å². The second-order valence-corrected chi connectivity index (χ2v) is 4.14. The number of hydrogen-bond acceptors (Lipinski definition) is 4. The molecular formula is C13H21N3O2. The van der Waals surface area contributed by atoms with E-state index in [0.717, 1.165) is 12.0 Å². The van der Waals surface area contributed by atoms with E-state index in [1.165, 1.54) is 0 Å². The molecule has 3 N–H and O–H groups in total. The first-order valence-corrected chi connectivity index (χ1v) is 6.18. The quantitative estimate of drug-likeness (QED) is 0.749. The van der Waals surface area contributed by atoms with Crippen molar-refractivity contribution in [1.82, 2.24) is 10.3 Å². The van der Waals surface area contributed by atoms with E-state index < -0.39 is 0 Å². The molecule has 0 saturated heterocycles. The maximum atomic E-state index is 11.8. The van der Waals surface area contributed by atoms with Crippen LogP contribution in [-0.4, -0.2) is 31.1 Å². The Balaban J connectivity index is 2.58. The van der Waals surface area contributed by atoms with E-state index in [4.69, 9.17) is 10.5 Å². The Morgan fingerprint density at radius 1 is 1.56 bits per heavy atom. The molecule has 1 heterocycles. The van der Waals surface area contributed by atoms with Crippen LogP contribution in [0.15, 0.2) is 18.3 Å².